The summed E-state index contributed by atoms with van der Waals surface area (Å²) in [6.07, 6.45) is 11.2. The molecule has 1 saturated heterocycles. The first-order valence-electron chi connectivity index (χ1n) is 8.96. The van der Waals surface area contributed by atoms with E-state index < -0.39 is 0 Å². The molecule has 0 N–H and O–H groups in total. The second-order valence-electron chi connectivity index (χ2n) is 7.91. The first-order chi connectivity index (χ1) is 11.0. The van der Waals surface area contributed by atoms with Crippen LogP contribution in [0, 0.1) is 22.7 Å². The van der Waals surface area contributed by atoms with Crippen molar-refractivity contribution in [3.63, 3.8) is 0 Å². The van der Waals surface area contributed by atoms with Crippen molar-refractivity contribution in [2.45, 2.75) is 59.3 Å². The number of hydrogen-bond acceptors (Lipinski definition) is 3. The number of ether oxygens (including phenoxy) is 1. The predicted octanol–water partition coefficient (Wildman–Crippen LogP) is 4.23. The standard InChI is InChI=1S/C20H28O3/c1-4-15(12-21)9-10-19(3)14(2)8-11-20-13-23-18(22)16(20)6-5-7-17(19)20/h4,6,12,14,17H,5,7-11,13H2,1-3H3/b15-4+/t14-,17-,19+,20-/m1/s1. The van der Waals surface area contributed by atoms with E-state index in [4.69, 9.17) is 4.74 Å². The molecule has 0 bridgehead atoms. The second-order valence-corrected chi connectivity index (χ2v) is 7.91. The summed E-state index contributed by atoms with van der Waals surface area (Å²) in [5.41, 5.74) is 1.94. The highest BCUT2D eigenvalue weighted by atomic mass is 16.5. The number of cyclic esters (lactones) is 1. The van der Waals surface area contributed by atoms with Crippen LogP contribution in [0.1, 0.15) is 59.3 Å². The van der Waals surface area contributed by atoms with E-state index in [2.05, 4.69) is 19.9 Å². The van der Waals surface area contributed by atoms with Crippen LogP contribution in [0.5, 0.6) is 0 Å². The van der Waals surface area contributed by atoms with Gasteiger partial charge in [-0.15, -0.1) is 0 Å². The van der Waals surface area contributed by atoms with E-state index in [0.717, 1.165) is 56.0 Å². The van der Waals surface area contributed by atoms with Crippen molar-refractivity contribution in [1.29, 1.82) is 0 Å². The summed E-state index contributed by atoms with van der Waals surface area (Å²) in [5, 5.41) is 0. The Morgan fingerprint density at radius 1 is 1.43 bits per heavy atom. The molecule has 3 aliphatic rings. The first kappa shape index (κ1) is 16.5. The van der Waals surface area contributed by atoms with Crippen molar-refractivity contribution in [3.05, 3.63) is 23.3 Å². The van der Waals surface area contributed by atoms with E-state index in [1.165, 1.54) is 0 Å². The van der Waals surface area contributed by atoms with Gasteiger partial charge in [0.2, 0.25) is 0 Å². The zero-order valence-electron chi connectivity index (χ0n) is 14.6. The minimum atomic E-state index is -0.0892. The largest absolute Gasteiger partial charge is 0.461 e. The average Bonchev–Trinajstić information content (AvgIpc) is 2.89. The van der Waals surface area contributed by atoms with Crippen molar-refractivity contribution in [3.8, 4) is 0 Å². The Kier molecular flexibility index (Phi) is 4.24. The van der Waals surface area contributed by atoms with Crippen molar-refractivity contribution in [2.24, 2.45) is 22.7 Å². The number of carbonyl (C=O) groups excluding carboxylic acids is 2. The minimum Gasteiger partial charge on any atom is -0.461 e. The van der Waals surface area contributed by atoms with E-state index in [-0.39, 0.29) is 16.8 Å². The van der Waals surface area contributed by atoms with Crippen LogP contribution >= 0.6 is 0 Å². The van der Waals surface area contributed by atoms with Crippen molar-refractivity contribution in [2.75, 3.05) is 6.61 Å². The van der Waals surface area contributed by atoms with Crippen LogP contribution in [0.4, 0.5) is 0 Å². The van der Waals surface area contributed by atoms with Gasteiger partial charge in [0.15, 0.2) is 0 Å². The molecule has 1 spiro atoms. The van der Waals surface area contributed by atoms with Crippen LogP contribution in [0.2, 0.25) is 0 Å². The lowest BCUT2D eigenvalue weighted by Gasteiger charge is -2.56. The van der Waals surface area contributed by atoms with Gasteiger partial charge in [0.05, 0.1) is 0 Å². The Morgan fingerprint density at radius 3 is 2.91 bits per heavy atom. The third-order valence-electron chi connectivity index (χ3n) is 7.11. The number of hydrogen-bond donors (Lipinski definition) is 0. The molecule has 1 heterocycles. The van der Waals surface area contributed by atoms with Crippen molar-refractivity contribution < 1.29 is 14.3 Å². The van der Waals surface area contributed by atoms with Crippen LogP contribution in [0.25, 0.3) is 0 Å². The maximum absolute atomic E-state index is 12.2. The molecule has 4 atom stereocenters. The van der Waals surface area contributed by atoms with Gasteiger partial charge in [-0.05, 0) is 68.3 Å². The third kappa shape index (κ3) is 2.40. The quantitative estimate of drug-likeness (QED) is 0.443. The first-order valence-corrected chi connectivity index (χ1v) is 8.96. The number of aldehydes is 1. The second kappa shape index (κ2) is 5.92. The zero-order valence-corrected chi connectivity index (χ0v) is 14.6. The highest BCUT2D eigenvalue weighted by Crippen LogP contribution is 2.63. The maximum atomic E-state index is 12.2. The molecule has 2 fully saturated rings. The molecule has 0 aromatic rings. The highest BCUT2D eigenvalue weighted by molar-refractivity contribution is 5.92. The van der Waals surface area contributed by atoms with Gasteiger partial charge in [-0.2, -0.15) is 0 Å². The third-order valence-corrected chi connectivity index (χ3v) is 7.11. The lowest BCUT2D eigenvalue weighted by Crippen LogP contribution is -2.51. The summed E-state index contributed by atoms with van der Waals surface area (Å²) in [5.74, 6) is 1.00. The number of carbonyl (C=O) groups is 2. The van der Waals surface area contributed by atoms with Crippen LogP contribution in [-0.4, -0.2) is 18.9 Å². The molecule has 126 valence electrons. The SMILES string of the molecule is C/C=C(/C=O)CC[C@@]1(C)[C@H](C)CC[C@@]23COC(=O)C2=CCC[C@@H]31. The number of allylic oxidation sites excluding steroid dienone is 3. The molecule has 3 heteroatoms. The van der Waals surface area contributed by atoms with E-state index in [1.807, 2.05) is 13.0 Å². The maximum Gasteiger partial charge on any atom is 0.334 e. The number of rotatable bonds is 4. The van der Waals surface area contributed by atoms with Gasteiger partial charge < -0.3 is 4.74 Å². The summed E-state index contributed by atoms with van der Waals surface area (Å²) in [6.45, 7) is 7.23. The molecule has 0 radical (unpaired) electrons. The molecule has 2 aliphatic carbocycles. The monoisotopic (exact) mass is 316 g/mol. The van der Waals surface area contributed by atoms with Gasteiger partial charge in [-0.3, -0.25) is 4.79 Å². The van der Waals surface area contributed by atoms with Gasteiger partial charge in [0, 0.05) is 11.0 Å². The topological polar surface area (TPSA) is 43.4 Å². The van der Waals surface area contributed by atoms with Crippen LogP contribution in [0.15, 0.2) is 23.3 Å². The Balaban J connectivity index is 1.92. The lowest BCUT2D eigenvalue weighted by atomic mass is 9.47. The lowest BCUT2D eigenvalue weighted by molar-refractivity contribution is -0.135. The molecular weight excluding hydrogens is 288 g/mol. The smallest absolute Gasteiger partial charge is 0.334 e. The number of esters is 1. The molecular formula is C20H28O3. The van der Waals surface area contributed by atoms with Crippen LogP contribution < -0.4 is 0 Å². The molecule has 1 aliphatic heterocycles. The Hall–Kier alpha value is -1.38. The summed E-state index contributed by atoms with van der Waals surface area (Å²) in [6, 6.07) is 0. The Morgan fingerprint density at radius 2 is 2.22 bits per heavy atom. The van der Waals surface area contributed by atoms with Crippen molar-refractivity contribution >= 4 is 12.3 Å². The Bertz CT molecular complexity index is 573. The molecule has 0 aromatic carbocycles. The molecule has 23 heavy (non-hydrogen) atoms. The van der Waals surface area contributed by atoms with Crippen LogP contribution in [-0.2, 0) is 14.3 Å². The van der Waals surface area contributed by atoms with Gasteiger partial charge in [-0.1, -0.05) is 26.0 Å². The fraction of sp³-hybridized carbons (Fsp3) is 0.700. The predicted molar refractivity (Wildman–Crippen MR) is 89.8 cm³/mol. The molecule has 0 unspecified atom stereocenters. The summed E-state index contributed by atoms with van der Waals surface area (Å²) in [7, 11) is 0. The fourth-order valence-corrected chi connectivity index (χ4v) is 5.39. The zero-order chi connectivity index (χ0) is 16.7. The molecule has 1 saturated carbocycles. The minimum absolute atomic E-state index is 0.0616. The normalized spacial score (nSPS) is 40.0. The van der Waals surface area contributed by atoms with Crippen LogP contribution in [0.3, 0.4) is 0 Å². The van der Waals surface area contributed by atoms with Gasteiger partial charge in [0.25, 0.3) is 0 Å². The Labute approximate surface area is 139 Å². The molecule has 3 rings (SSSR count). The van der Waals surface area contributed by atoms with Gasteiger partial charge in [-0.25, -0.2) is 4.79 Å². The van der Waals surface area contributed by atoms with Gasteiger partial charge >= 0.3 is 5.97 Å². The average molecular weight is 316 g/mol. The summed E-state index contributed by atoms with van der Waals surface area (Å²) in [4.78, 5) is 23.3. The fourth-order valence-electron chi connectivity index (χ4n) is 5.39. The highest BCUT2D eigenvalue weighted by Gasteiger charge is 2.60. The summed E-state index contributed by atoms with van der Waals surface area (Å²) >= 11 is 0. The molecule has 0 amide bonds. The van der Waals surface area contributed by atoms with E-state index in [1.54, 1.807) is 0 Å². The van der Waals surface area contributed by atoms with Crippen molar-refractivity contribution in [1.82, 2.24) is 0 Å². The molecule has 0 aromatic heterocycles. The molecule has 3 nitrogen and oxygen atoms in total. The summed E-state index contributed by atoms with van der Waals surface area (Å²) < 4.78 is 5.48. The van der Waals surface area contributed by atoms with Gasteiger partial charge in [0.1, 0.15) is 12.9 Å². The van der Waals surface area contributed by atoms with E-state index in [9.17, 15) is 9.59 Å². The van der Waals surface area contributed by atoms with E-state index >= 15 is 0 Å². The van der Waals surface area contributed by atoms with E-state index in [0.29, 0.717) is 18.4 Å².